The first-order chi connectivity index (χ1) is 26.3. The summed E-state index contributed by atoms with van der Waals surface area (Å²) in [6.45, 7) is 14.7. The van der Waals surface area contributed by atoms with Gasteiger partial charge in [0.2, 0.25) is 5.79 Å². The molecule has 3 aliphatic heterocycles. The fourth-order valence-electron chi connectivity index (χ4n) is 13.1. The molecule has 16 nitrogen and oxygen atoms in total. The van der Waals surface area contributed by atoms with Gasteiger partial charge in [-0.3, -0.25) is 19.3 Å². The summed E-state index contributed by atoms with van der Waals surface area (Å²) in [5.41, 5.74) is -9.03. The third-order valence-electron chi connectivity index (χ3n) is 16.1. The van der Waals surface area contributed by atoms with Crippen molar-refractivity contribution in [2.45, 2.75) is 172 Å². The zero-order chi connectivity index (χ0) is 42.2. The van der Waals surface area contributed by atoms with E-state index in [0.717, 1.165) is 27.2 Å². The van der Waals surface area contributed by atoms with Gasteiger partial charge >= 0.3 is 23.9 Å². The standard InChI is InChI=1S/C41H63NO15/c1-10-19(3)34(47)56-33-28(46)27-23(17-42-16-18(2)11-12-25(42)38(27,9)50)24-15-39-32(40(24,33)51)30(54-22(6)45)29(53-21(5)44)31-36(39,7)14-13-26(41(31,52)57-39)55-35(48)37(8,49)20(4)43/h18-20,23-33,43,46,49-52H,10-17H2,1-9H3/t18-,19+,20+,23-,24+,25-,26-,27+,28-,29-,30+,31-,32-,33-,36+,37-,38+,39+,40+,41+/m1/s1. The summed E-state index contributed by atoms with van der Waals surface area (Å²) in [6, 6.07) is -0.329. The van der Waals surface area contributed by atoms with Crippen molar-refractivity contribution < 1.29 is 73.5 Å². The zero-order valence-electron chi connectivity index (χ0n) is 34.5. The van der Waals surface area contributed by atoms with Crippen LogP contribution in [0.15, 0.2) is 0 Å². The Balaban J connectivity index is 1.45. The number of aliphatic hydroxyl groups is 6. The van der Waals surface area contributed by atoms with Crippen LogP contribution in [0.5, 0.6) is 0 Å². The van der Waals surface area contributed by atoms with E-state index < -0.39 is 130 Å². The predicted octanol–water partition coefficient (Wildman–Crippen LogP) is 0.578. The van der Waals surface area contributed by atoms with Crippen LogP contribution < -0.4 is 0 Å². The molecule has 0 radical (unpaired) electrons. The number of hydrogen-bond donors (Lipinski definition) is 6. The molecule has 4 aliphatic carbocycles. The molecule has 6 N–H and O–H groups in total. The van der Waals surface area contributed by atoms with Gasteiger partial charge in [-0.1, -0.05) is 27.7 Å². The fraction of sp³-hybridized carbons (Fsp3) is 0.902. The minimum absolute atomic E-state index is 0.0170. The number of aliphatic hydroxyl groups excluding tert-OH is 2. The predicted molar refractivity (Wildman–Crippen MR) is 196 cm³/mol. The largest absolute Gasteiger partial charge is 0.458 e. The lowest BCUT2D eigenvalue weighted by Crippen LogP contribution is -2.78. The molecule has 57 heavy (non-hydrogen) atoms. The summed E-state index contributed by atoms with van der Waals surface area (Å²) in [4.78, 5) is 55.6. The zero-order valence-corrected chi connectivity index (χ0v) is 34.5. The number of fused-ring (bicyclic) bond motifs is 5. The average Bonchev–Trinajstić information content (AvgIpc) is 3.40. The molecule has 3 saturated heterocycles. The molecule has 322 valence electrons. The first kappa shape index (κ1) is 42.7. The van der Waals surface area contributed by atoms with Crippen molar-refractivity contribution in [1.82, 2.24) is 4.90 Å². The highest BCUT2D eigenvalue weighted by atomic mass is 16.7. The molecule has 0 aromatic carbocycles. The number of nitrogens with zero attached hydrogens (tertiary/aromatic N) is 1. The van der Waals surface area contributed by atoms with E-state index in [4.69, 9.17) is 23.7 Å². The maximum atomic E-state index is 13.9. The van der Waals surface area contributed by atoms with Gasteiger partial charge in [-0.25, -0.2) is 4.79 Å². The minimum atomic E-state index is -2.47. The quantitative estimate of drug-likeness (QED) is 0.145. The molecule has 1 spiro atoms. The first-order valence-electron chi connectivity index (χ1n) is 20.8. The molecule has 4 saturated carbocycles. The maximum absolute atomic E-state index is 13.9. The molecular formula is C41H63NO15. The van der Waals surface area contributed by atoms with Crippen LogP contribution in [0.3, 0.4) is 0 Å². The van der Waals surface area contributed by atoms with Crippen LogP contribution in [0.25, 0.3) is 0 Å². The number of hydrogen-bond acceptors (Lipinski definition) is 16. The van der Waals surface area contributed by atoms with Crippen LogP contribution in [-0.4, -0.2) is 143 Å². The smallest absolute Gasteiger partial charge is 0.341 e. The lowest BCUT2D eigenvalue weighted by Gasteiger charge is -2.64. The van der Waals surface area contributed by atoms with Gasteiger partial charge in [0.1, 0.15) is 17.8 Å². The summed E-state index contributed by atoms with van der Waals surface area (Å²) in [7, 11) is 0. The molecule has 3 heterocycles. The number of rotatable bonds is 8. The Morgan fingerprint density at radius 1 is 0.930 bits per heavy atom. The summed E-state index contributed by atoms with van der Waals surface area (Å²) in [5.74, 6) is -11.5. The van der Waals surface area contributed by atoms with Crippen LogP contribution in [0.2, 0.25) is 0 Å². The van der Waals surface area contributed by atoms with E-state index in [0.29, 0.717) is 31.8 Å². The summed E-state index contributed by atoms with van der Waals surface area (Å²) in [5, 5.41) is 73.2. The van der Waals surface area contributed by atoms with Crippen molar-refractivity contribution in [2.75, 3.05) is 13.1 Å². The second-order valence-electron chi connectivity index (χ2n) is 19.4. The molecular weight excluding hydrogens is 746 g/mol. The minimum Gasteiger partial charge on any atom is -0.458 e. The lowest BCUT2D eigenvalue weighted by molar-refractivity contribution is -0.301. The van der Waals surface area contributed by atoms with Gasteiger partial charge < -0.3 is 54.3 Å². The van der Waals surface area contributed by atoms with Gasteiger partial charge in [-0.2, -0.15) is 0 Å². The van der Waals surface area contributed by atoms with Gasteiger partial charge in [0.25, 0.3) is 0 Å². The molecule has 7 rings (SSSR count). The Morgan fingerprint density at radius 2 is 1.54 bits per heavy atom. The monoisotopic (exact) mass is 809 g/mol. The molecule has 0 aromatic rings. The van der Waals surface area contributed by atoms with Crippen LogP contribution in [0.1, 0.15) is 101 Å². The van der Waals surface area contributed by atoms with E-state index in [1.54, 1.807) is 20.8 Å². The fourth-order valence-corrected chi connectivity index (χ4v) is 13.1. The van der Waals surface area contributed by atoms with E-state index in [1.165, 1.54) is 6.92 Å². The number of ether oxygens (including phenoxy) is 5. The van der Waals surface area contributed by atoms with Gasteiger partial charge in [-0.05, 0) is 77.0 Å². The summed E-state index contributed by atoms with van der Waals surface area (Å²) < 4.78 is 31.1. The SMILES string of the molecule is CC[C@H](C)C(=O)O[C@@H]1[C@H](O)[C@@H]2[C@H](CN3C[C@H](C)CC[C@@H]3[C@]2(C)O)[C@@H]2C[C@@]34O[C@@]5(O)[C@H](OC(=O)[C@](C)(O)[C@H](C)O)CC[C@@]3(C)[C@H]5[C@H](OC(C)=O)[C@H](OC(C)=O)[C@H]4[C@]12O. The Labute approximate surface area is 333 Å². The van der Waals surface area contributed by atoms with Gasteiger partial charge in [-0.15, -0.1) is 0 Å². The van der Waals surface area contributed by atoms with E-state index >= 15 is 0 Å². The summed E-state index contributed by atoms with van der Waals surface area (Å²) >= 11 is 0. The number of piperidine rings is 2. The average molecular weight is 810 g/mol. The Hall–Kier alpha value is -2.44. The molecule has 7 fully saturated rings. The second kappa shape index (κ2) is 13.8. The maximum Gasteiger partial charge on any atom is 0.341 e. The molecule has 7 aliphatic rings. The molecule has 0 aromatic heterocycles. The van der Waals surface area contributed by atoms with E-state index in [-0.39, 0.29) is 25.3 Å². The number of esters is 4. The molecule has 0 unspecified atom stereocenters. The third kappa shape index (κ3) is 5.81. The summed E-state index contributed by atoms with van der Waals surface area (Å²) in [6.07, 6.45) is -7.41. The molecule has 16 heteroatoms. The highest BCUT2D eigenvalue weighted by molar-refractivity contribution is 5.79. The van der Waals surface area contributed by atoms with E-state index in [1.807, 2.05) is 6.92 Å². The first-order valence-corrected chi connectivity index (χ1v) is 20.8. The number of carbonyl (C=O) groups excluding carboxylic acids is 4. The Bertz CT molecular complexity index is 1650. The Kier molecular flexibility index (Phi) is 10.3. The van der Waals surface area contributed by atoms with Crippen molar-refractivity contribution in [3.63, 3.8) is 0 Å². The van der Waals surface area contributed by atoms with E-state index in [9.17, 15) is 49.8 Å². The van der Waals surface area contributed by atoms with Crippen molar-refractivity contribution in [1.29, 1.82) is 0 Å². The normalized spacial score (nSPS) is 50.4. The van der Waals surface area contributed by atoms with Crippen molar-refractivity contribution in [2.24, 2.45) is 46.8 Å². The third-order valence-corrected chi connectivity index (χ3v) is 16.1. The van der Waals surface area contributed by atoms with Crippen molar-refractivity contribution in [3.8, 4) is 0 Å². The van der Waals surface area contributed by atoms with E-state index in [2.05, 4.69) is 11.8 Å². The van der Waals surface area contributed by atoms with Gasteiger partial charge in [0.15, 0.2) is 17.8 Å². The second-order valence-corrected chi connectivity index (χ2v) is 19.4. The van der Waals surface area contributed by atoms with Crippen molar-refractivity contribution in [3.05, 3.63) is 0 Å². The van der Waals surface area contributed by atoms with Crippen LogP contribution >= 0.6 is 0 Å². The number of carbonyl (C=O) groups is 4. The molecule has 0 amide bonds. The van der Waals surface area contributed by atoms with Crippen LogP contribution in [-0.2, 0) is 42.9 Å². The van der Waals surface area contributed by atoms with Crippen molar-refractivity contribution >= 4 is 23.9 Å². The van der Waals surface area contributed by atoms with Crippen LogP contribution in [0, 0.1) is 46.8 Å². The van der Waals surface area contributed by atoms with Gasteiger partial charge in [0, 0.05) is 44.3 Å². The molecule has 20 atom stereocenters. The topological polar surface area (TPSA) is 239 Å². The highest BCUT2D eigenvalue weighted by Crippen LogP contribution is 2.78. The van der Waals surface area contributed by atoms with Gasteiger partial charge in [0.05, 0.1) is 41.2 Å². The molecule has 4 bridgehead atoms. The lowest BCUT2D eigenvalue weighted by atomic mass is 9.48. The van der Waals surface area contributed by atoms with Crippen LogP contribution in [0.4, 0.5) is 0 Å². The highest BCUT2D eigenvalue weighted by Gasteiger charge is 2.90. The Morgan fingerprint density at radius 3 is 2.12 bits per heavy atom.